The van der Waals surface area contributed by atoms with Gasteiger partial charge in [-0.1, -0.05) is 0 Å². The number of fused-ring (bicyclic) bond motifs is 1. The van der Waals surface area contributed by atoms with E-state index >= 15 is 0 Å². The summed E-state index contributed by atoms with van der Waals surface area (Å²) in [6, 6.07) is 0.973. The number of nitrogens with zero attached hydrogens (tertiary/aromatic N) is 3. The molecule has 1 fully saturated rings. The number of aromatic nitrogens is 3. The number of hydrogen-bond acceptors (Lipinski definition) is 7. The highest BCUT2D eigenvalue weighted by molar-refractivity contribution is 7.84. The molecule has 1 aliphatic carbocycles. The molecule has 0 radical (unpaired) electrons. The highest BCUT2D eigenvalue weighted by Gasteiger charge is 2.37. The maximum absolute atomic E-state index is 11.5. The van der Waals surface area contributed by atoms with Crippen LogP contribution in [0.4, 0.5) is 5.82 Å². The standard InChI is InChI=1S/C14H19N5O5S/c1-8(20)17-13-10-3-4-19(14(10)16-7-15-13)9-5-11(12(21)6-9)18-25(22,23)24-2/h3-4,7,9,11-12,18,21H,5-6H2,1-2H3,(H,15,16,17,20)/t9-,11+,12+/m1/s1. The van der Waals surface area contributed by atoms with Crippen molar-refractivity contribution in [3.05, 3.63) is 18.6 Å². The Morgan fingerprint density at radius 3 is 2.84 bits per heavy atom. The maximum atomic E-state index is 11.5. The van der Waals surface area contributed by atoms with E-state index in [1.807, 2.05) is 4.57 Å². The number of rotatable bonds is 5. The number of aliphatic hydroxyl groups is 1. The largest absolute Gasteiger partial charge is 0.391 e. The number of aliphatic hydroxyl groups excluding tert-OH is 1. The topological polar surface area (TPSA) is 135 Å². The van der Waals surface area contributed by atoms with Crippen LogP contribution in [0, 0.1) is 0 Å². The molecule has 2 heterocycles. The first kappa shape index (κ1) is 17.7. The van der Waals surface area contributed by atoms with Crippen LogP contribution in [0.5, 0.6) is 0 Å². The fraction of sp³-hybridized carbons (Fsp3) is 0.500. The van der Waals surface area contributed by atoms with Gasteiger partial charge in [0.15, 0.2) is 0 Å². The third kappa shape index (κ3) is 3.63. The first-order chi connectivity index (χ1) is 11.8. The summed E-state index contributed by atoms with van der Waals surface area (Å²) in [5.41, 5.74) is 0.603. The van der Waals surface area contributed by atoms with Crippen molar-refractivity contribution in [2.24, 2.45) is 0 Å². The molecule has 0 aliphatic heterocycles. The Morgan fingerprint density at radius 2 is 2.16 bits per heavy atom. The van der Waals surface area contributed by atoms with E-state index in [2.05, 4.69) is 24.2 Å². The van der Waals surface area contributed by atoms with Gasteiger partial charge in [-0.05, 0) is 18.9 Å². The number of amides is 1. The zero-order valence-corrected chi connectivity index (χ0v) is 14.5. The number of hydrogen-bond donors (Lipinski definition) is 3. The van der Waals surface area contributed by atoms with Gasteiger partial charge >= 0.3 is 10.3 Å². The SMILES string of the molecule is COS(=O)(=O)N[C@H]1C[C@@H](n2ccc3c(NC(C)=O)ncnc32)C[C@@H]1O. The van der Waals surface area contributed by atoms with Crippen molar-refractivity contribution >= 4 is 33.1 Å². The summed E-state index contributed by atoms with van der Waals surface area (Å²) in [6.45, 7) is 1.39. The summed E-state index contributed by atoms with van der Waals surface area (Å²) >= 11 is 0. The second-order valence-corrected chi connectivity index (χ2v) is 7.38. The predicted octanol–water partition coefficient (Wildman–Crippen LogP) is -0.0651. The van der Waals surface area contributed by atoms with E-state index in [9.17, 15) is 18.3 Å². The zero-order valence-electron chi connectivity index (χ0n) is 13.7. The second kappa shape index (κ2) is 6.67. The molecule has 3 atom stereocenters. The summed E-state index contributed by atoms with van der Waals surface area (Å²) in [6.07, 6.45) is 3.03. The normalized spacial score (nSPS) is 23.9. The fourth-order valence-electron chi connectivity index (χ4n) is 3.11. The van der Waals surface area contributed by atoms with Gasteiger partial charge in [-0.2, -0.15) is 13.1 Å². The van der Waals surface area contributed by atoms with Gasteiger partial charge in [-0.15, -0.1) is 0 Å². The molecule has 0 bridgehead atoms. The van der Waals surface area contributed by atoms with Gasteiger partial charge in [0, 0.05) is 19.2 Å². The molecule has 25 heavy (non-hydrogen) atoms. The lowest BCUT2D eigenvalue weighted by atomic mass is 10.2. The van der Waals surface area contributed by atoms with Gasteiger partial charge in [0.2, 0.25) is 5.91 Å². The van der Waals surface area contributed by atoms with Crippen LogP contribution >= 0.6 is 0 Å². The van der Waals surface area contributed by atoms with Crippen LogP contribution in [0.15, 0.2) is 18.6 Å². The number of nitrogens with one attached hydrogen (secondary N) is 2. The summed E-state index contributed by atoms with van der Waals surface area (Å²) in [5, 5.41) is 13.5. The average Bonchev–Trinajstić information content (AvgIpc) is 3.11. The van der Waals surface area contributed by atoms with Crippen LogP contribution in [0.1, 0.15) is 25.8 Å². The van der Waals surface area contributed by atoms with Gasteiger partial charge in [0.1, 0.15) is 17.8 Å². The summed E-state index contributed by atoms with van der Waals surface area (Å²) < 4.78 is 31.6. The van der Waals surface area contributed by atoms with Crippen molar-refractivity contribution in [1.29, 1.82) is 0 Å². The highest BCUT2D eigenvalue weighted by atomic mass is 32.2. The molecule has 3 rings (SSSR count). The predicted molar refractivity (Wildman–Crippen MR) is 89.0 cm³/mol. The average molecular weight is 369 g/mol. The van der Waals surface area contributed by atoms with Crippen molar-refractivity contribution in [3.63, 3.8) is 0 Å². The molecule has 0 unspecified atom stereocenters. The Labute approximate surface area is 144 Å². The zero-order chi connectivity index (χ0) is 18.2. The Hall–Kier alpha value is -2.08. The van der Waals surface area contributed by atoms with E-state index in [4.69, 9.17) is 0 Å². The minimum absolute atomic E-state index is 0.155. The third-order valence-corrected chi connectivity index (χ3v) is 5.25. The summed E-state index contributed by atoms with van der Waals surface area (Å²) in [7, 11) is -2.83. The van der Waals surface area contributed by atoms with Gasteiger partial charge < -0.3 is 15.0 Å². The highest BCUT2D eigenvalue weighted by Crippen LogP contribution is 2.34. The van der Waals surface area contributed by atoms with Crippen LogP contribution in [0.3, 0.4) is 0 Å². The monoisotopic (exact) mass is 369 g/mol. The first-order valence-electron chi connectivity index (χ1n) is 7.66. The van der Waals surface area contributed by atoms with Gasteiger partial charge in [0.05, 0.1) is 24.6 Å². The summed E-state index contributed by atoms with van der Waals surface area (Å²) in [5.74, 6) is 0.171. The molecule has 11 heteroatoms. The minimum Gasteiger partial charge on any atom is -0.391 e. The van der Waals surface area contributed by atoms with E-state index in [1.54, 1.807) is 12.3 Å². The minimum atomic E-state index is -3.88. The lowest BCUT2D eigenvalue weighted by Gasteiger charge is -2.15. The molecule has 1 saturated carbocycles. The lowest BCUT2D eigenvalue weighted by molar-refractivity contribution is -0.114. The van der Waals surface area contributed by atoms with Crippen LogP contribution in [-0.2, 0) is 19.3 Å². The van der Waals surface area contributed by atoms with Crippen molar-refractivity contribution in [2.75, 3.05) is 12.4 Å². The quantitative estimate of drug-likeness (QED) is 0.671. The van der Waals surface area contributed by atoms with Crippen LogP contribution in [0.25, 0.3) is 11.0 Å². The summed E-state index contributed by atoms with van der Waals surface area (Å²) in [4.78, 5) is 19.6. The number of anilines is 1. The molecule has 0 spiro atoms. The maximum Gasteiger partial charge on any atom is 0.335 e. The molecule has 0 aromatic carbocycles. The molecule has 3 N–H and O–H groups in total. The molecular weight excluding hydrogens is 350 g/mol. The third-order valence-electron chi connectivity index (χ3n) is 4.22. The molecule has 1 amide bonds. The number of carbonyl (C=O) groups excluding carboxylic acids is 1. The van der Waals surface area contributed by atoms with Gasteiger partial charge in [-0.25, -0.2) is 9.97 Å². The molecule has 2 aromatic rings. The van der Waals surface area contributed by atoms with Crippen LogP contribution in [0.2, 0.25) is 0 Å². The Balaban J connectivity index is 1.87. The molecule has 136 valence electrons. The van der Waals surface area contributed by atoms with Crippen LogP contribution in [-0.4, -0.2) is 53.2 Å². The lowest BCUT2D eigenvalue weighted by Crippen LogP contribution is -2.40. The van der Waals surface area contributed by atoms with Crippen LogP contribution < -0.4 is 10.0 Å². The van der Waals surface area contributed by atoms with E-state index < -0.39 is 22.4 Å². The van der Waals surface area contributed by atoms with E-state index in [-0.39, 0.29) is 11.9 Å². The molecule has 2 aromatic heterocycles. The number of carbonyl (C=O) groups is 1. The van der Waals surface area contributed by atoms with Crippen molar-refractivity contribution in [2.45, 2.75) is 38.0 Å². The molecule has 1 aliphatic rings. The molecule has 0 saturated heterocycles. The van der Waals surface area contributed by atoms with Crippen molar-refractivity contribution < 1.29 is 22.5 Å². The van der Waals surface area contributed by atoms with E-state index in [0.717, 1.165) is 7.11 Å². The molecule has 10 nitrogen and oxygen atoms in total. The first-order valence-corrected chi connectivity index (χ1v) is 9.06. The Kier molecular flexibility index (Phi) is 4.73. The van der Waals surface area contributed by atoms with E-state index in [1.165, 1.54) is 13.3 Å². The fourth-order valence-corrected chi connectivity index (χ4v) is 3.83. The van der Waals surface area contributed by atoms with Gasteiger partial charge in [0.25, 0.3) is 0 Å². The van der Waals surface area contributed by atoms with E-state index in [0.29, 0.717) is 29.7 Å². The second-order valence-electron chi connectivity index (χ2n) is 5.90. The Morgan fingerprint density at radius 1 is 1.40 bits per heavy atom. The Bertz CT molecular complexity index is 896. The molecular formula is C14H19N5O5S. The van der Waals surface area contributed by atoms with Crippen molar-refractivity contribution in [3.8, 4) is 0 Å². The van der Waals surface area contributed by atoms with Gasteiger partial charge in [-0.3, -0.25) is 8.98 Å². The smallest absolute Gasteiger partial charge is 0.335 e. The van der Waals surface area contributed by atoms with Crippen molar-refractivity contribution in [1.82, 2.24) is 19.3 Å².